The molecule has 0 bridgehead atoms. The van der Waals surface area contributed by atoms with Crippen LogP contribution in [0.5, 0.6) is 0 Å². The van der Waals surface area contributed by atoms with Gasteiger partial charge in [0, 0.05) is 26.1 Å². The van der Waals surface area contributed by atoms with Gasteiger partial charge in [-0.15, -0.1) is 0 Å². The smallest absolute Gasteiger partial charge is 0.317 e. The Morgan fingerprint density at radius 3 is 2.59 bits per heavy atom. The van der Waals surface area contributed by atoms with Crippen LogP contribution < -0.4 is 0 Å². The van der Waals surface area contributed by atoms with Gasteiger partial charge in [0.2, 0.25) is 5.91 Å². The quantitative estimate of drug-likeness (QED) is 0.756. The number of carboxylic acids is 1. The summed E-state index contributed by atoms with van der Waals surface area (Å²) in [6.07, 6.45) is 3.26. The summed E-state index contributed by atoms with van der Waals surface area (Å²) < 4.78 is 0. The fourth-order valence-corrected chi connectivity index (χ4v) is 2.60. The van der Waals surface area contributed by atoms with E-state index in [9.17, 15) is 9.59 Å². The summed E-state index contributed by atoms with van der Waals surface area (Å²) in [5.41, 5.74) is 0. The molecule has 1 unspecified atom stereocenters. The van der Waals surface area contributed by atoms with E-state index in [0.29, 0.717) is 12.0 Å². The summed E-state index contributed by atoms with van der Waals surface area (Å²) in [5, 5.41) is 8.72. The molecule has 0 radical (unpaired) electrons. The third-order valence-electron chi connectivity index (χ3n) is 3.58. The molecule has 5 nitrogen and oxygen atoms in total. The number of carboxylic acid groups (broad SMARTS) is 1. The fourth-order valence-electron chi connectivity index (χ4n) is 2.60. The molecule has 0 aromatic rings. The van der Waals surface area contributed by atoms with Crippen molar-refractivity contribution in [2.24, 2.45) is 5.92 Å². The van der Waals surface area contributed by atoms with Crippen LogP contribution in [0.1, 0.15) is 26.2 Å². The van der Waals surface area contributed by atoms with Gasteiger partial charge in [0.1, 0.15) is 0 Å². The van der Waals surface area contributed by atoms with E-state index in [2.05, 4.69) is 0 Å². The Morgan fingerprint density at radius 2 is 2.06 bits per heavy atom. The van der Waals surface area contributed by atoms with Crippen molar-refractivity contribution in [3.05, 3.63) is 0 Å². The molecular formula is C12H20N2O3. The Morgan fingerprint density at radius 1 is 1.35 bits per heavy atom. The maximum Gasteiger partial charge on any atom is 0.317 e. The first-order valence-electron chi connectivity index (χ1n) is 6.27. The third-order valence-corrected chi connectivity index (χ3v) is 3.58. The molecule has 1 atom stereocenters. The largest absolute Gasteiger partial charge is 0.480 e. The molecule has 2 aliphatic rings. The average Bonchev–Trinajstić information content (AvgIpc) is 2.97. The summed E-state index contributed by atoms with van der Waals surface area (Å²) in [4.78, 5) is 26.0. The second-order valence-electron chi connectivity index (χ2n) is 5.19. The molecule has 5 heteroatoms. The highest BCUT2D eigenvalue weighted by Gasteiger charge is 2.34. The van der Waals surface area contributed by atoms with Crippen LogP contribution in [-0.4, -0.2) is 59.0 Å². The van der Waals surface area contributed by atoms with Gasteiger partial charge in [-0.25, -0.2) is 0 Å². The highest BCUT2D eigenvalue weighted by atomic mass is 16.4. The molecule has 1 heterocycles. The number of carbonyl (C=O) groups is 2. The first-order chi connectivity index (χ1) is 8.06. The number of carbonyl (C=O) groups excluding carboxylic acids is 1. The minimum atomic E-state index is -0.767. The van der Waals surface area contributed by atoms with Crippen molar-refractivity contribution in [3.63, 3.8) is 0 Å². The molecule has 17 heavy (non-hydrogen) atoms. The van der Waals surface area contributed by atoms with Crippen LogP contribution in [-0.2, 0) is 9.59 Å². The second-order valence-corrected chi connectivity index (χ2v) is 5.19. The number of hydrogen-bond acceptors (Lipinski definition) is 3. The van der Waals surface area contributed by atoms with Gasteiger partial charge in [0.05, 0.1) is 6.54 Å². The normalized spacial score (nSPS) is 24.9. The molecule has 0 aromatic heterocycles. The van der Waals surface area contributed by atoms with E-state index < -0.39 is 5.97 Å². The van der Waals surface area contributed by atoms with E-state index in [0.717, 1.165) is 38.9 Å². The summed E-state index contributed by atoms with van der Waals surface area (Å²) in [6, 6.07) is 0.459. The van der Waals surface area contributed by atoms with Crippen molar-refractivity contribution >= 4 is 11.9 Å². The van der Waals surface area contributed by atoms with Gasteiger partial charge in [-0.1, -0.05) is 0 Å². The molecule has 1 aliphatic carbocycles. The first-order valence-corrected chi connectivity index (χ1v) is 6.27. The van der Waals surface area contributed by atoms with Gasteiger partial charge in [-0.3, -0.25) is 14.5 Å². The molecule has 2 rings (SSSR count). The molecule has 0 spiro atoms. The van der Waals surface area contributed by atoms with Crippen LogP contribution in [0.4, 0.5) is 0 Å². The summed E-state index contributed by atoms with van der Waals surface area (Å²) >= 11 is 0. The van der Waals surface area contributed by atoms with E-state index in [1.165, 1.54) is 0 Å². The van der Waals surface area contributed by atoms with E-state index in [1.807, 2.05) is 9.80 Å². The number of aliphatic carboxylic acids is 1. The zero-order chi connectivity index (χ0) is 12.4. The second kappa shape index (κ2) is 5.04. The van der Waals surface area contributed by atoms with Gasteiger partial charge < -0.3 is 10.0 Å². The van der Waals surface area contributed by atoms with Crippen LogP contribution in [0.3, 0.4) is 0 Å². The number of rotatable bonds is 5. The highest BCUT2D eigenvalue weighted by molar-refractivity contribution is 5.74. The average molecular weight is 240 g/mol. The van der Waals surface area contributed by atoms with Crippen molar-refractivity contribution in [3.8, 4) is 0 Å². The Balaban J connectivity index is 1.79. The maximum atomic E-state index is 11.5. The Hall–Kier alpha value is -1.10. The Labute approximate surface area is 101 Å². The molecule has 1 saturated carbocycles. The topological polar surface area (TPSA) is 60.9 Å². The van der Waals surface area contributed by atoms with E-state index in [-0.39, 0.29) is 12.5 Å². The predicted molar refractivity (Wildman–Crippen MR) is 62.6 cm³/mol. The zero-order valence-electron chi connectivity index (χ0n) is 10.3. The molecule has 1 amide bonds. The molecule has 1 aliphatic heterocycles. The summed E-state index contributed by atoms with van der Waals surface area (Å²) in [7, 11) is 0. The standard InChI is InChI=1S/C12H20N2O3/c1-9(15)14(11-2-3-11)7-10-4-5-13(6-10)8-12(16)17/h10-11H,2-8H2,1H3,(H,16,17). The predicted octanol–water partition coefficient (Wildman–Crippen LogP) is 0.404. The van der Waals surface area contributed by atoms with Gasteiger partial charge in [0.15, 0.2) is 0 Å². The summed E-state index contributed by atoms with van der Waals surface area (Å²) in [6.45, 7) is 4.20. The molecule has 2 fully saturated rings. The third kappa shape index (κ3) is 3.43. The van der Waals surface area contributed by atoms with Gasteiger partial charge >= 0.3 is 5.97 Å². The first kappa shape index (κ1) is 12.4. The molecule has 1 N–H and O–H groups in total. The van der Waals surface area contributed by atoms with Crippen LogP contribution >= 0.6 is 0 Å². The van der Waals surface area contributed by atoms with Crippen LogP contribution in [0.15, 0.2) is 0 Å². The minimum absolute atomic E-state index is 0.125. The van der Waals surface area contributed by atoms with Crippen molar-refractivity contribution in [1.29, 1.82) is 0 Å². The number of amides is 1. The Kier molecular flexibility index (Phi) is 3.66. The lowest BCUT2D eigenvalue weighted by molar-refractivity contribution is -0.138. The lowest BCUT2D eigenvalue weighted by Crippen LogP contribution is -2.37. The number of nitrogens with zero attached hydrogens (tertiary/aromatic N) is 2. The van der Waals surface area contributed by atoms with E-state index in [4.69, 9.17) is 5.11 Å². The van der Waals surface area contributed by atoms with Crippen molar-refractivity contribution < 1.29 is 14.7 Å². The lowest BCUT2D eigenvalue weighted by Gasteiger charge is -2.24. The van der Waals surface area contributed by atoms with Gasteiger partial charge in [0.25, 0.3) is 0 Å². The molecule has 1 saturated heterocycles. The van der Waals surface area contributed by atoms with Gasteiger partial charge in [-0.05, 0) is 31.7 Å². The zero-order valence-corrected chi connectivity index (χ0v) is 10.3. The molecule has 0 aromatic carbocycles. The SMILES string of the molecule is CC(=O)N(CC1CCN(CC(=O)O)C1)C1CC1. The summed E-state index contributed by atoms with van der Waals surface area (Å²) in [5.74, 6) is -0.167. The maximum absolute atomic E-state index is 11.5. The highest BCUT2D eigenvalue weighted by Crippen LogP contribution is 2.29. The van der Waals surface area contributed by atoms with Crippen molar-refractivity contribution in [1.82, 2.24) is 9.80 Å². The van der Waals surface area contributed by atoms with Crippen LogP contribution in [0.2, 0.25) is 0 Å². The van der Waals surface area contributed by atoms with Crippen molar-refractivity contribution in [2.75, 3.05) is 26.2 Å². The van der Waals surface area contributed by atoms with Gasteiger partial charge in [-0.2, -0.15) is 0 Å². The molecule has 96 valence electrons. The van der Waals surface area contributed by atoms with Crippen molar-refractivity contribution in [2.45, 2.75) is 32.2 Å². The monoisotopic (exact) mass is 240 g/mol. The van der Waals surface area contributed by atoms with Crippen LogP contribution in [0.25, 0.3) is 0 Å². The number of hydrogen-bond donors (Lipinski definition) is 1. The fraction of sp³-hybridized carbons (Fsp3) is 0.833. The molecular weight excluding hydrogens is 220 g/mol. The number of likely N-dealkylation sites (tertiary alicyclic amines) is 1. The minimum Gasteiger partial charge on any atom is -0.480 e. The lowest BCUT2D eigenvalue weighted by atomic mass is 10.1. The van der Waals surface area contributed by atoms with E-state index in [1.54, 1.807) is 6.92 Å². The Bertz CT molecular complexity index is 315. The van der Waals surface area contributed by atoms with Crippen LogP contribution in [0, 0.1) is 5.92 Å². The van der Waals surface area contributed by atoms with E-state index >= 15 is 0 Å².